The van der Waals surface area contributed by atoms with Crippen molar-refractivity contribution in [2.24, 2.45) is 0 Å². The highest BCUT2D eigenvalue weighted by molar-refractivity contribution is 5.99. The molecule has 1 saturated heterocycles. The molecule has 1 unspecified atom stereocenters. The van der Waals surface area contributed by atoms with Crippen LogP contribution in [0.2, 0.25) is 0 Å². The first-order valence-corrected chi connectivity index (χ1v) is 7.77. The molecule has 8 heteroatoms. The molecular formula is C15H19F3N4O. The van der Waals surface area contributed by atoms with Gasteiger partial charge in [-0.1, -0.05) is 0 Å². The molecule has 1 aromatic rings. The number of likely N-dealkylation sites (tertiary alicyclic amines) is 1. The van der Waals surface area contributed by atoms with Crippen LogP contribution in [0.5, 0.6) is 0 Å². The summed E-state index contributed by atoms with van der Waals surface area (Å²) >= 11 is 0. The number of hydrogen-bond donors (Lipinski definition) is 1. The molecule has 0 aliphatic carbocycles. The Balaban J connectivity index is 1.82. The summed E-state index contributed by atoms with van der Waals surface area (Å²) in [5, 5.41) is 3.15. The van der Waals surface area contributed by atoms with Crippen molar-refractivity contribution in [1.29, 1.82) is 0 Å². The molecule has 0 spiro atoms. The summed E-state index contributed by atoms with van der Waals surface area (Å²) in [7, 11) is 0. The summed E-state index contributed by atoms with van der Waals surface area (Å²) in [6.07, 6.45) is -0.852. The average molecular weight is 328 g/mol. The van der Waals surface area contributed by atoms with Gasteiger partial charge in [0.25, 0.3) is 0 Å². The van der Waals surface area contributed by atoms with Gasteiger partial charge in [0.2, 0.25) is 5.91 Å². The van der Waals surface area contributed by atoms with Crippen molar-refractivity contribution in [2.45, 2.75) is 31.5 Å². The van der Waals surface area contributed by atoms with E-state index in [0.717, 1.165) is 6.42 Å². The minimum absolute atomic E-state index is 0.260. The number of amides is 1. The largest absolute Gasteiger partial charge is 0.401 e. The van der Waals surface area contributed by atoms with Gasteiger partial charge in [0, 0.05) is 19.3 Å². The van der Waals surface area contributed by atoms with Crippen LogP contribution < -0.4 is 10.2 Å². The number of hydrogen-bond acceptors (Lipinski definition) is 4. The number of rotatable bonds is 2. The molecule has 5 nitrogen and oxygen atoms in total. The van der Waals surface area contributed by atoms with Crippen LogP contribution in [0.4, 0.5) is 24.7 Å². The number of nitrogens with zero attached hydrogens (tertiary/aromatic N) is 3. The van der Waals surface area contributed by atoms with Gasteiger partial charge in [0.05, 0.1) is 18.3 Å². The molecule has 2 aliphatic heterocycles. The van der Waals surface area contributed by atoms with Crippen LogP contribution in [0, 0.1) is 0 Å². The molecule has 0 aromatic carbocycles. The summed E-state index contributed by atoms with van der Waals surface area (Å²) in [4.78, 5) is 19.9. The Bertz CT molecular complexity index is 578. The zero-order chi connectivity index (χ0) is 16.4. The van der Waals surface area contributed by atoms with E-state index >= 15 is 0 Å². The highest BCUT2D eigenvalue weighted by atomic mass is 19.4. The first-order valence-electron chi connectivity index (χ1n) is 7.77. The van der Waals surface area contributed by atoms with E-state index in [4.69, 9.17) is 0 Å². The van der Waals surface area contributed by atoms with Crippen molar-refractivity contribution in [3.63, 3.8) is 0 Å². The normalized spacial score (nSPS) is 22.4. The summed E-state index contributed by atoms with van der Waals surface area (Å²) in [6.45, 7) is 0.447. The Morgan fingerprint density at radius 3 is 2.96 bits per heavy atom. The first-order chi connectivity index (χ1) is 11.0. The van der Waals surface area contributed by atoms with Gasteiger partial charge < -0.3 is 10.2 Å². The molecule has 1 amide bonds. The van der Waals surface area contributed by atoms with Gasteiger partial charge in [-0.3, -0.25) is 9.69 Å². The van der Waals surface area contributed by atoms with Crippen LogP contribution >= 0.6 is 0 Å². The lowest BCUT2D eigenvalue weighted by Gasteiger charge is -2.30. The van der Waals surface area contributed by atoms with Crippen molar-refractivity contribution < 1.29 is 18.0 Å². The van der Waals surface area contributed by atoms with E-state index in [0.29, 0.717) is 44.0 Å². The monoisotopic (exact) mass is 328 g/mol. The Hall–Kier alpha value is -1.83. The van der Waals surface area contributed by atoms with E-state index in [2.05, 4.69) is 10.3 Å². The van der Waals surface area contributed by atoms with Crippen LogP contribution in [0.3, 0.4) is 0 Å². The summed E-state index contributed by atoms with van der Waals surface area (Å²) in [5.41, 5.74) is 0.647. The molecule has 0 bridgehead atoms. The Kier molecular flexibility index (Phi) is 4.43. The van der Waals surface area contributed by atoms with Gasteiger partial charge >= 0.3 is 6.18 Å². The van der Waals surface area contributed by atoms with Gasteiger partial charge in [0.1, 0.15) is 5.82 Å². The molecule has 1 fully saturated rings. The zero-order valence-electron chi connectivity index (χ0n) is 12.6. The highest BCUT2D eigenvalue weighted by Crippen LogP contribution is 2.30. The predicted molar refractivity (Wildman–Crippen MR) is 80.3 cm³/mol. The summed E-state index contributed by atoms with van der Waals surface area (Å²) in [5.74, 6) is 0.350. The summed E-state index contributed by atoms with van der Waals surface area (Å²) in [6, 6.07) is 2.80. The van der Waals surface area contributed by atoms with E-state index in [9.17, 15) is 18.0 Å². The SMILES string of the molecule is O=C(C1CCCN1CC(F)(F)F)N1CCCNc2ncccc21. The third-order valence-corrected chi connectivity index (χ3v) is 4.23. The molecular weight excluding hydrogens is 309 g/mol. The van der Waals surface area contributed by atoms with E-state index in [-0.39, 0.29) is 5.91 Å². The van der Waals surface area contributed by atoms with Crippen molar-refractivity contribution >= 4 is 17.4 Å². The molecule has 1 N–H and O–H groups in total. The molecule has 0 saturated carbocycles. The van der Waals surface area contributed by atoms with E-state index in [1.807, 2.05) is 0 Å². The maximum absolute atomic E-state index is 12.9. The van der Waals surface area contributed by atoms with E-state index in [1.165, 1.54) is 4.90 Å². The van der Waals surface area contributed by atoms with Crippen LogP contribution in [0.1, 0.15) is 19.3 Å². The zero-order valence-corrected chi connectivity index (χ0v) is 12.6. The molecule has 3 rings (SSSR count). The van der Waals surface area contributed by atoms with E-state index in [1.54, 1.807) is 23.2 Å². The number of anilines is 2. The van der Waals surface area contributed by atoms with Gasteiger partial charge in [-0.2, -0.15) is 13.2 Å². The molecule has 3 heterocycles. The lowest BCUT2D eigenvalue weighted by Crippen LogP contribution is -2.48. The maximum Gasteiger partial charge on any atom is 0.401 e. The second-order valence-corrected chi connectivity index (χ2v) is 5.89. The number of carbonyl (C=O) groups is 1. The number of alkyl halides is 3. The van der Waals surface area contributed by atoms with Crippen LogP contribution in [0.15, 0.2) is 18.3 Å². The lowest BCUT2D eigenvalue weighted by molar-refractivity contribution is -0.150. The molecule has 0 radical (unpaired) electrons. The average Bonchev–Trinajstić information content (AvgIpc) is 2.82. The third-order valence-electron chi connectivity index (χ3n) is 4.23. The van der Waals surface area contributed by atoms with Crippen molar-refractivity contribution in [3.8, 4) is 0 Å². The third kappa shape index (κ3) is 3.57. The molecule has 126 valence electrons. The number of fused-ring (bicyclic) bond motifs is 1. The topological polar surface area (TPSA) is 48.5 Å². The fraction of sp³-hybridized carbons (Fsp3) is 0.600. The maximum atomic E-state index is 12.9. The Morgan fingerprint density at radius 2 is 2.17 bits per heavy atom. The molecule has 23 heavy (non-hydrogen) atoms. The highest BCUT2D eigenvalue weighted by Gasteiger charge is 2.41. The minimum Gasteiger partial charge on any atom is -0.368 e. The molecule has 2 aliphatic rings. The lowest BCUT2D eigenvalue weighted by atomic mass is 10.1. The number of halogens is 3. The van der Waals surface area contributed by atoms with Crippen LogP contribution in [-0.2, 0) is 4.79 Å². The van der Waals surface area contributed by atoms with Crippen LogP contribution in [0.25, 0.3) is 0 Å². The van der Waals surface area contributed by atoms with Gasteiger partial charge in [-0.25, -0.2) is 4.98 Å². The molecule has 1 aromatic heterocycles. The molecule has 1 atom stereocenters. The number of carbonyl (C=O) groups excluding carboxylic acids is 1. The van der Waals surface area contributed by atoms with E-state index < -0.39 is 18.8 Å². The summed E-state index contributed by atoms with van der Waals surface area (Å²) < 4.78 is 38.1. The van der Waals surface area contributed by atoms with Crippen LogP contribution in [-0.4, -0.2) is 54.2 Å². The van der Waals surface area contributed by atoms with Crippen molar-refractivity contribution in [3.05, 3.63) is 18.3 Å². The second kappa shape index (κ2) is 6.35. The predicted octanol–water partition coefficient (Wildman–Crippen LogP) is 2.26. The van der Waals surface area contributed by atoms with Crippen molar-refractivity contribution in [1.82, 2.24) is 9.88 Å². The Labute approximate surface area is 132 Å². The van der Waals surface area contributed by atoms with Gasteiger partial charge in [-0.15, -0.1) is 0 Å². The van der Waals surface area contributed by atoms with Gasteiger partial charge in [-0.05, 0) is 37.9 Å². The first kappa shape index (κ1) is 16.0. The standard InChI is InChI=1S/C15H19F3N4O/c16-15(17,18)10-21-8-2-5-12(21)14(23)22-9-3-7-20-13-11(22)4-1-6-19-13/h1,4,6,12H,2-3,5,7-10H2,(H,19,20). The van der Waals surface area contributed by atoms with Crippen molar-refractivity contribution in [2.75, 3.05) is 36.4 Å². The number of aromatic nitrogens is 1. The van der Waals surface area contributed by atoms with Gasteiger partial charge in [0.15, 0.2) is 0 Å². The fourth-order valence-electron chi connectivity index (χ4n) is 3.25. The second-order valence-electron chi connectivity index (χ2n) is 5.89. The Morgan fingerprint density at radius 1 is 1.35 bits per heavy atom. The number of pyridine rings is 1. The fourth-order valence-corrected chi connectivity index (χ4v) is 3.25. The minimum atomic E-state index is -4.29. The smallest absolute Gasteiger partial charge is 0.368 e. The quantitative estimate of drug-likeness (QED) is 0.905. The number of nitrogens with one attached hydrogen (secondary N) is 1.